The molecule has 4 heteroatoms. The van der Waals surface area contributed by atoms with Gasteiger partial charge in [-0.05, 0) is 53.3 Å². The lowest BCUT2D eigenvalue weighted by Crippen LogP contribution is -2.29. The monoisotopic (exact) mass is 399 g/mol. The summed E-state index contributed by atoms with van der Waals surface area (Å²) >= 11 is 0. The minimum atomic E-state index is 0.177. The van der Waals surface area contributed by atoms with Crippen LogP contribution >= 0.6 is 0 Å². The van der Waals surface area contributed by atoms with Crippen molar-refractivity contribution >= 4 is 11.3 Å². The Labute approximate surface area is 177 Å². The standard InChI is InChI=1S/C26H27N2O2/c29-19-13-21-1-5-25(6-2-21)27-15-9-23(10-16-27)24-11-17-28(18-12-24)26-7-3-22(4-8-26)14-20-30/h1-12,15-17,29-30H,13-14,18-20H2/q+1. The molecule has 0 atom stereocenters. The zero-order chi connectivity index (χ0) is 20.8. The number of allylic oxidation sites excluding steroid dienone is 2. The zero-order valence-corrected chi connectivity index (χ0v) is 17.0. The van der Waals surface area contributed by atoms with E-state index in [0.717, 1.165) is 29.0 Å². The van der Waals surface area contributed by atoms with Crippen LogP contribution in [-0.4, -0.2) is 30.0 Å². The Hall–Kier alpha value is -3.21. The van der Waals surface area contributed by atoms with Crippen LogP contribution < -0.4 is 9.47 Å². The van der Waals surface area contributed by atoms with Crippen molar-refractivity contribution in [2.45, 2.75) is 12.8 Å². The van der Waals surface area contributed by atoms with Crippen molar-refractivity contribution in [2.75, 3.05) is 24.7 Å². The Morgan fingerprint density at radius 3 is 1.90 bits per heavy atom. The molecular formula is C26H27N2O2+. The normalized spacial score (nSPS) is 13.4. The van der Waals surface area contributed by atoms with Crippen molar-refractivity contribution in [1.82, 2.24) is 0 Å². The minimum absolute atomic E-state index is 0.177. The molecule has 152 valence electrons. The Morgan fingerprint density at radius 1 is 0.767 bits per heavy atom. The molecule has 2 N–H and O–H groups in total. The molecule has 3 aromatic rings. The molecule has 2 heterocycles. The number of nitrogens with zero attached hydrogens (tertiary/aromatic N) is 2. The van der Waals surface area contributed by atoms with E-state index in [4.69, 9.17) is 10.2 Å². The van der Waals surface area contributed by atoms with Crippen LogP contribution in [0.3, 0.4) is 0 Å². The van der Waals surface area contributed by atoms with E-state index in [9.17, 15) is 0 Å². The molecule has 2 aromatic carbocycles. The van der Waals surface area contributed by atoms with Crippen LogP contribution in [0.15, 0.2) is 91.4 Å². The topological polar surface area (TPSA) is 47.6 Å². The molecule has 0 saturated heterocycles. The van der Waals surface area contributed by atoms with Gasteiger partial charge >= 0.3 is 0 Å². The van der Waals surface area contributed by atoms with Crippen LogP contribution in [0.1, 0.15) is 16.7 Å². The van der Waals surface area contributed by atoms with E-state index in [-0.39, 0.29) is 13.2 Å². The summed E-state index contributed by atoms with van der Waals surface area (Å²) in [6.07, 6.45) is 12.1. The van der Waals surface area contributed by atoms with E-state index in [1.807, 2.05) is 0 Å². The predicted molar refractivity (Wildman–Crippen MR) is 120 cm³/mol. The van der Waals surface area contributed by atoms with Crippen molar-refractivity contribution < 1.29 is 14.8 Å². The van der Waals surface area contributed by atoms with Gasteiger partial charge in [0.15, 0.2) is 12.4 Å². The van der Waals surface area contributed by atoms with Gasteiger partial charge < -0.3 is 15.1 Å². The van der Waals surface area contributed by atoms with Crippen molar-refractivity contribution in [1.29, 1.82) is 0 Å². The van der Waals surface area contributed by atoms with Crippen LogP contribution in [0.25, 0.3) is 11.3 Å². The molecule has 0 saturated carbocycles. The summed E-state index contributed by atoms with van der Waals surface area (Å²) in [6, 6.07) is 20.9. The van der Waals surface area contributed by atoms with E-state index >= 15 is 0 Å². The molecule has 0 unspecified atom stereocenters. The van der Waals surface area contributed by atoms with Gasteiger partial charge in [0.05, 0.1) is 0 Å². The Morgan fingerprint density at radius 2 is 1.37 bits per heavy atom. The largest absolute Gasteiger partial charge is 0.396 e. The van der Waals surface area contributed by atoms with E-state index in [0.29, 0.717) is 12.8 Å². The molecule has 1 aromatic heterocycles. The molecule has 1 aliphatic heterocycles. The fraction of sp³-hybridized carbons (Fsp3) is 0.192. The van der Waals surface area contributed by atoms with Gasteiger partial charge in [-0.3, -0.25) is 0 Å². The lowest BCUT2D eigenvalue weighted by molar-refractivity contribution is -0.595. The van der Waals surface area contributed by atoms with Crippen molar-refractivity contribution in [3.63, 3.8) is 0 Å². The number of hydrogen-bond acceptors (Lipinski definition) is 3. The SMILES string of the molecule is OCCc1ccc(N2C=CC(c3cc[n+](-c4ccc(CCO)cc4)cc3)=CC2)cc1. The fourth-order valence-corrected chi connectivity index (χ4v) is 3.64. The van der Waals surface area contributed by atoms with Gasteiger partial charge in [0.2, 0.25) is 5.69 Å². The van der Waals surface area contributed by atoms with E-state index in [2.05, 4.69) is 101 Å². The highest BCUT2D eigenvalue weighted by molar-refractivity contribution is 5.76. The fourth-order valence-electron chi connectivity index (χ4n) is 3.64. The number of pyridine rings is 1. The summed E-state index contributed by atoms with van der Waals surface area (Å²) in [5.41, 5.74) is 6.96. The van der Waals surface area contributed by atoms with Crippen LogP contribution in [-0.2, 0) is 12.8 Å². The average Bonchev–Trinajstić information content (AvgIpc) is 2.81. The lowest BCUT2D eigenvalue weighted by Gasteiger charge is -2.23. The highest BCUT2D eigenvalue weighted by Gasteiger charge is 2.11. The second kappa shape index (κ2) is 9.53. The maximum absolute atomic E-state index is 9.05. The number of aliphatic hydroxyl groups is 2. The number of anilines is 1. The highest BCUT2D eigenvalue weighted by atomic mass is 16.3. The molecule has 0 bridgehead atoms. The number of benzene rings is 2. The summed E-state index contributed by atoms with van der Waals surface area (Å²) in [5.74, 6) is 0. The highest BCUT2D eigenvalue weighted by Crippen LogP contribution is 2.23. The van der Waals surface area contributed by atoms with Gasteiger partial charge in [0.25, 0.3) is 0 Å². The molecule has 1 aliphatic rings. The maximum atomic E-state index is 9.05. The summed E-state index contributed by atoms with van der Waals surface area (Å²) in [6.45, 7) is 1.18. The summed E-state index contributed by atoms with van der Waals surface area (Å²) in [4.78, 5) is 2.21. The Bertz CT molecular complexity index is 1020. The summed E-state index contributed by atoms with van der Waals surface area (Å²) < 4.78 is 2.10. The Balaban J connectivity index is 1.42. The third kappa shape index (κ3) is 4.67. The maximum Gasteiger partial charge on any atom is 0.210 e. The summed E-state index contributed by atoms with van der Waals surface area (Å²) in [7, 11) is 0. The lowest BCUT2D eigenvalue weighted by atomic mass is 10.0. The van der Waals surface area contributed by atoms with Crippen LogP contribution in [0.2, 0.25) is 0 Å². The van der Waals surface area contributed by atoms with Gasteiger partial charge in [-0.2, -0.15) is 4.57 Å². The molecule has 0 aliphatic carbocycles. The second-order valence-electron chi connectivity index (χ2n) is 7.40. The first-order chi connectivity index (χ1) is 14.8. The van der Waals surface area contributed by atoms with Crippen molar-refractivity contribution in [2.24, 2.45) is 0 Å². The first kappa shape index (κ1) is 20.1. The predicted octanol–water partition coefficient (Wildman–Crippen LogP) is 3.45. The quantitative estimate of drug-likeness (QED) is 0.599. The van der Waals surface area contributed by atoms with Gasteiger partial charge in [-0.25, -0.2) is 0 Å². The van der Waals surface area contributed by atoms with Crippen molar-refractivity contribution in [3.8, 4) is 5.69 Å². The van der Waals surface area contributed by atoms with Crippen LogP contribution in [0.5, 0.6) is 0 Å². The molecule has 0 fully saturated rings. The van der Waals surface area contributed by atoms with Gasteiger partial charge in [0.1, 0.15) is 0 Å². The number of aliphatic hydroxyl groups excluding tert-OH is 2. The molecule has 0 spiro atoms. The number of hydrogen-bond donors (Lipinski definition) is 2. The summed E-state index contributed by atoms with van der Waals surface area (Å²) in [5, 5.41) is 18.1. The van der Waals surface area contributed by atoms with E-state index in [1.54, 1.807) is 0 Å². The van der Waals surface area contributed by atoms with Crippen LogP contribution in [0.4, 0.5) is 5.69 Å². The molecule has 30 heavy (non-hydrogen) atoms. The Kier molecular flexibility index (Phi) is 6.38. The molecule has 0 amide bonds. The molecular weight excluding hydrogens is 372 g/mol. The smallest absolute Gasteiger partial charge is 0.210 e. The van der Waals surface area contributed by atoms with Gasteiger partial charge in [-0.15, -0.1) is 0 Å². The molecule has 4 nitrogen and oxygen atoms in total. The van der Waals surface area contributed by atoms with Gasteiger partial charge in [0, 0.05) is 55.9 Å². The molecule has 0 radical (unpaired) electrons. The van der Waals surface area contributed by atoms with Gasteiger partial charge in [-0.1, -0.05) is 30.3 Å². The third-order valence-corrected chi connectivity index (χ3v) is 5.41. The van der Waals surface area contributed by atoms with E-state index in [1.165, 1.54) is 11.1 Å². The minimum Gasteiger partial charge on any atom is -0.396 e. The van der Waals surface area contributed by atoms with Crippen molar-refractivity contribution in [3.05, 3.63) is 108 Å². The first-order valence-electron chi connectivity index (χ1n) is 10.3. The van der Waals surface area contributed by atoms with E-state index < -0.39 is 0 Å². The first-order valence-corrected chi connectivity index (χ1v) is 10.3. The zero-order valence-electron chi connectivity index (χ0n) is 17.0. The van der Waals surface area contributed by atoms with Crippen LogP contribution in [0, 0.1) is 0 Å². The second-order valence-corrected chi connectivity index (χ2v) is 7.40. The molecule has 4 rings (SSSR count). The third-order valence-electron chi connectivity index (χ3n) is 5.41. The number of rotatable bonds is 7. The average molecular weight is 400 g/mol. The number of aromatic nitrogens is 1.